The summed E-state index contributed by atoms with van der Waals surface area (Å²) in [7, 11) is 0. The molecule has 1 unspecified atom stereocenters. The Morgan fingerprint density at radius 3 is 2.16 bits per heavy atom. The Bertz CT molecular complexity index is 484. The van der Waals surface area contributed by atoms with Crippen LogP contribution in [0, 0.1) is 0 Å². The first kappa shape index (κ1) is 14.3. The molecule has 0 bridgehead atoms. The first-order valence-electron chi connectivity index (χ1n) is 6.25. The fraction of sp³-hybridized carbons (Fsp3) is 0.571. The lowest BCUT2D eigenvalue weighted by atomic mass is 9.86. The lowest BCUT2D eigenvalue weighted by Crippen LogP contribution is -2.46. The zero-order valence-corrected chi connectivity index (χ0v) is 11.3. The van der Waals surface area contributed by atoms with Crippen molar-refractivity contribution in [3.63, 3.8) is 0 Å². The summed E-state index contributed by atoms with van der Waals surface area (Å²) in [5, 5.41) is 11.4. The average molecular weight is 273 g/mol. The average Bonchev–Trinajstić information content (AvgIpc) is 2.53. The van der Waals surface area contributed by atoms with Crippen LogP contribution in [0.4, 0.5) is 13.2 Å². The normalized spacial score (nSPS) is 27.7. The maximum atomic E-state index is 13.1. The first-order valence-corrected chi connectivity index (χ1v) is 6.25. The number of halogens is 3. The Balaban J connectivity index is 2.54. The molecule has 1 N–H and O–H groups in total. The highest BCUT2D eigenvalue weighted by Gasteiger charge is 2.51. The zero-order valence-electron chi connectivity index (χ0n) is 11.3. The molecule has 0 aliphatic carbocycles. The third-order valence-electron chi connectivity index (χ3n) is 4.08. The second kappa shape index (κ2) is 4.21. The van der Waals surface area contributed by atoms with E-state index in [2.05, 4.69) is 0 Å². The second-order valence-electron chi connectivity index (χ2n) is 5.94. The van der Waals surface area contributed by atoms with Gasteiger partial charge >= 0.3 is 6.18 Å². The van der Waals surface area contributed by atoms with E-state index in [1.807, 2.05) is 13.8 Å². The van der Waals surface area contributed by atoms with Crippen LogP contribution in [-0.4, -0.2) is 15.8 Å². The number of alkyl halides is 3. The molecule has 0 amide bonds. The van der Waals surface area contributed by atoms with Crippen LogP contribution < -0.4 is 0 Å². The van der Waals surface area contributed by atoms with Gasteiger partial charge in [0.05, 0.1) is 11.1 Å². The minimum atomic E-state index is -4.41. The van der Waals surface area contributed by atoms with Crippen molar-refractivity contribution in [2.45, 2.75) is 50.9 Å². The van der Waals surface area contributed by atoms with Crippen molar-refractivity contribution in [1.29, 1.82) is 0 Å². The Morgan fingerprint density at radius 1 is 1.11 bits per heavy atom. The predicted octanol–water partition coefficient (Wildman–Crippen LogP) is 4.18. The van der Waals surface area contributed by atoms with Crippen LogP contribution in [-0.2, 0) is 11.7 Å². The molecule has 1 saturated heterocycles. The van der Waals surface area contributed by atoms with Crippen LogP contribution >= 0.6 is 0 Å². The summed E-state index contributed by atoms with van der Waals surface area (Å²) in [4.78, 5) is 0. The molecule has 2 nitrogen and oxygen atoms in total. The smallest absolute Gasteiger partial charge is 0.313 e. The van der Waals surface area contributed by atoms with E-state index in [-0.39, 0.29) is 5.56 Å². The van der Waals surface area contributed by atoms with Gasteiger partial charge in [0.1, 0.15) is 0 Å². The molecule has 1 heterocycles. The fourth-order valence-electron chi connectivity index (χ4n) is 2.88. The molecule has 1 aliphatic rings. The number of rotatable bonds is 1. The standard InChI is InChI=1S/C14H18F3NO/c1-12(2)8-9-13(3,18(12)19)10-6-4-5-7-11(10)14(15,16)17/h4-7,19H,8-9H2,1-3H3. The molecule has 2 rings (SSSR count). The SMILES string of the molecule is CC1(C)CCC(C)(c2ccccc2C(F)(F)F)N1O. The molecule has 1 atom stereocenters. The van der Waals surface area contributed by atoms with Gasteiger partial charge in [0, 0.05) is 5.54 Å². The van der Waals surface area contributed by atoms with Crippen LogP contribution in [0.25, 0.3) is 0 Å². The van der Waals surface area contributed by atoms with Crippen molar-refractivity contribution in [2.75, 3.05) is 0 Å². The highest BCUT2D eigenvalue weighted by atomic mass is 19.4. The quantitative estimate of drug-likeness (QED) is 0.829. The van der Waals surface area contributed by atoms with E-state index >= 15 is 0 Å². The van der Waals surface area contributed by atoms with Gasteiger partial charge in [-0.3, -0.25) is 0 Å². The molecular weight excluding hydrogens is 255 g/mol. The maximum Gasteiger partial charge on any atom is 0.416 e. The predicted molar refractivity (Wildman–Crippen MR) is 65.7 cm³/mol. The fourth-order valence-corrected chi connectivity index (χ4v) is 2.88. The molecule has 0 aromatic heterocycles. The second-order valence-corrected chi connectivity index (χ2v) is 5.94. The Hall–Kier alpha value is -1.07. The van der Waals surface area contributed by atoms with Gasteiger partial charge < -0.3 is 5.21 Å². The van der Waals surface area contributed by atoms with Gasteiger partial charge in [-0.05, 0) is 45.2 Å². The van der Waals surface area contributed by atoms with Crippen molar-refractivity contribution < 1.29 is 18.4 Å². The van der Waals surface area contributed by atoms with Crippen molar-refractivity contribution in [3.8, 4) is 0 Å². The lowest BCUT2D eigenvalue weighted by Gasteiger charge is -2.38. The van der Waals surface area contributed by atoms with Crippen molar-refractivity contribution in [2.24, 2.45) is 0 Å². The molecule has 0 radical (unpaired) electrons. The lowest BCUT2D eigenvalue weighted by molar-refractivity contribution is -0.203. The van der Waals surface area contributed by atoms with Crippen LogP contribution in [0.2, 0.25) is 0 Å². The number of hydrogen-bond acceptors (Lipinski definition) is 2. The summed E-state index contributed by atoms with van der Waals surface area (Å²) >= 11 is 0. The summed E-state index contributed by atoms with van der Waals surface area (Å²) < 4.78 is 39.3. The molecule has 106 valence electrons. The van der Waals surface area contributed by atoms with Crippen molar-refractivity contribution in [1.82, 2.24) is 5.06 Å². The van der Waals surface area contributed by atoms with Gasteiger partial charge in [0.15, 0.2) is 0 Å². The third-order valence-corrected chi connectivity index (χ3v) is 4.08. The van der Waals surface area contributed by atoms with Gasteiger partial charge in [-0.15, -0.1) is 0 Å². The molecule has 1 aliphatic heterocycles. The molecular formula is C14H18F3NO. The van der Waals surface area contributed by atoms with E-state index in [9.17, 15) is 18.4 Å². The summed E-state index contributed by atoms with van der Waals surface area (Å²) in [6.07, 6.45) is -3.27. The maximum absolute atomic E-state index is 13.1. The van der Waals surface area contributed by atoms with Gasteiger partial charge in [-0.1, -0.05) is 18.2 Å². The Kier molecular flexibility index (Phi) is 3.18. The molecule has 0 spiro atoms. The first-order chi connectivity index (χ1) is 8.59. The van der Waals surface area contributed by atoms with Gasteiger partial charge in [0.2, 0.25) is 0 Å². The largest absolute Gasteiger partial charge is 0.416 e. The Labute approximate surface area is 110 Å². The molecule has 5 heteroatoms. The topological polar surface area (TPSA) is 23.5 Å². The summed E-state index contributed by atoms with van der Waals surface area (Å²) in [6.45, 7) is 5.31. The van der Waals surface area contributed by atoms with Gasteiger partial charge in [0.25, 0.3) is 0 Å². The van der Waals surface area contributed by atoms with E-state index in [4.69, 9.17) is 0 Å². The molecule has 19 heavy (non-hydrogen) atoms. The minimum Gasteiger partial charge on any atom is -0.313 e. The van der Waals surface area contributed by atoms with E-state index in [0.717, 1.165) is 11.1 Å². The Morgan fingerprint density at radius 2 is 1.68 bits per heavy atom. The van der Waals surface area contributed by atoms with E-state index in [1.54, 1.807) is 13.0 Å². The van der Waals surface area contributed by atoms with Gasteiger partial charge in [-0.2, -0.15) is 18.2 Å². The number of hydroxylamine groups is 2. The number of nitrogens with zero attached hydrogens (tertiary/aromatic N) is 1. The van der Waals surface area contributed by atoms with E-state index in [1.165, 1.54) is 12.1 Å². The van der Waals surface area contributed by atoms with E-state index < -0.39 is 22.8 Å². The minimum absolute atomic E-state index is 0.135. The summed E-state index contributed by atoms with van der Waals surface area (Å²) in [5.74, 6) is 0. The van der Waals surface area contributed by atoms with Crippen molar-refractivity contribution >= 4 is 0 Å². The summed E-state index contributed by atoms with van der Waals surface area (Å²) in [6, 6.07) is 5.47. The highest BCUT2D eigenvalue weighted by molar-refractivity contribution is 5.36. The van der Waals surface area contributed by atoms with Crippen LogP contribution in [0.5, 0.6) is 0 Å². The third kappa shape index (κ3) is 2.25. The van der Waals surface area contributed by atoms with Gasteiger partial charge in [-0.25, -0.2) is 0 Å². The molecule has 0 saturated carbocycles. The summed E-state index contributed by atoms with van der Waals surface area (Å²) in [5.41, 5.74) is -2.06. The van der Waals surface area contributed by atoms with Crippen LogP contribution in [0.1, 0.15) is 44.7 Å². The monoisotopic (exact) mass is 273 g/mol. The number of hydrogen-bond donors (Lipinski definition) is 1. The van der Waals surface area contributed by atoms with Crippen LogP contribution in [0.3, 0.4) is 0 Å². The van der Waals surface area contributed by atoms with Crippen LogP contribution in [0.15, 0.2) is 24.3 Å². The van der Waals surface area contributed by atoms with E-state index in [0.29, 0.717) is 12.8 Å². The van der Waals surface area contributed by atoms with Crippen molar-refractivity contribution in [3.05, 3.63) is 35.4 Å². The molecule has 1 fully saturated rings. The number of benzene rings is 1. The highest BCUT2D eigenvalue weighted by Crippen LogP contribution is 2.48. The zero-order chi connectivity index (χ0) is 14.5. The molecule has 1 aromatic carbocycles. The molecule has 1 aromatic rings.